The van der Waals surface area contributed by atoms with Crippen LogP contribution >= 0.6 is 11.8 Å². The molecule has 0 saturated heterocycles. The van der Waals surface area contributed by atoms with Crippen molar-refractivity contribution in [2.45, 2.75) is 55.6 Å². The van der Waals surface area contributed by atoms with Crippen LogP contribution in [0.15, 0.2) is 71.6 Å². The fourth-order valence-electron chi connectivity index (χ4n) is 4.29. The molecule has 32 heavy (non-hydrogen) atoms. The molecule has 0 heterocycles. The third kappa shape index (κ3) is 5.52. The Morgan fingerprint density at radius 2 is 1.69 bits per heavy atom. The van der Waals surface area contributed by atoms with Gasteiger partial charge in [-0.3, -0.25) is 9.59 Å². The van der Waals surface area contributed by atoms with E-state index in [4.69, 9.17) is 0 Å². The summed E-state index contributed by atoms with van der Waals surface area (Å²) in [5.41, 5.74) is 1.63. The molecule has 0 bridgehead atoms. The molecule has 1 saturated carbocycles. The second-order valence-corrected chi connectivity index (χ2v) is 9.66. The zero-order valence-electron chi connectivity index (χ0n) is 18.5. The SMILES string of the molecule is CCC(Sc1cccc(NC(=O)C2CCCCC2)c1)C(=O)Nc1cccc2ccccc12. The van der Waals surface area contributed by atoms with E-state index in [0.717, 1.165) is 52.7 Å². The molecule has 166 valence electrons. The number of nitrogens with one attached hydrogen (secondary N) is 2. The molecule has 3 aromatic rings. The molecule has 4 nitrogen and oxygen atoms in total. The third-order valence-electron chi connectivity index (χ3n) is 6.07. The first-order valence-corrected chi connectivity index (χ1v) is 12.4. The number of hydrogen-bond donors (Lipinski definition) is 2. The van der Waals surface area contributed by atoms with E-state index in [-0.39, 0.29) is 23.0 Å². The fraction of sp³-hybridized carbons (Fsp3) is 0.333. The van der Waals surface area contributed by atoms with Crippen LogP contribution in [0.2, 0.25) is 0 Å². The largest absolute Gasteiger partial charge is 0.326 e. The number of carbonyl (C=O) groups excluding carboxylic acids is 2. The van der Waals surface area contributed by atoms with Gasteiger partial charge >= 0.3 is 0 Å². The normalized spacial score (nSPS) is 15.3. The highest BCUT2D eigenvalue weighted by Gasteiger charge is 2.22. The summed E-state index contributed by atoms with van der Waals surface area (Å²) < 4.78 is 0. The Bertz CT molecular complexity index is 1090. The van der Waals surface area contributed by atoms with Crippen molar-refractivity contribution in [2.75, 3.05) is 10.6 Å². The van der Waals surface area contributed by atoms with Crippen LogP contribution in [-0.4, -0.2) is 17.1 Å². The van der Waals surface area contributed by atoms with Crippen LogP contribution in [0.4, 0.5) is 11.4 Å². The molecule has 1 fully saturated rings. The number of amides is 2. The minimum atomic E-state index is -0.224. The molecule has 0 aromatic heterocycles. The molecule has 0 spiro atoms. The Kier molecular flexibility index (Phi) is 7.48. The predicted molar refractivity (Wildman–Crippen MR) is 134 cm³/mol. The zero-order valence-corrected chi connectivity index (χ0v) is 19.3. The van der Waals surface area contributed by atoms with Crippen LogP contribution in [0, 0.1) is 5.92 Å². The number of benzene rings is 3. The molecule has 4 rings (SSSR count). The molecule has 1 aliphatic rings. The molecule has 5 heteroatoms. The van der Waals surface area contributed by atoms with Crippen LogP contribution in [0.3, 0.4) is 0 Å². The standard InChI is InChI=1S/C27H30N2O2S/c1-2-25(27(31)29-24-17-8-13-19-10-6-7-16-23(19)24)32-22-15-9-14-21(18-22)28-26(30)20-11-4-3-5-12-20/h6-10,13-18,20,25H,2-5,11-12H2,1H3,(H,28,30)(H,29,31). The first-order valence-electron chi connectivity index (χ1n) is 11.5. The summed E-state index contributed by atoms with van der Waals surface area (Å²) >= 11 is 1.53. The van der Waals surface area contributed by atoms with E-state index in [1.54, 1.807) is 0 Å². The maximum atomic E-state index is 13.1. The van der Waals surface area contributed by atoms with Crippen molar-refractivity contribution in [1.29, 1.82) is 0 Å². The predicted octanol–water partition coefficient (Wildman–Crippen LogP) is 6.87. The van der Waals surface area contributed by atoms with Gasteiger partial charge in [0.15, 0.2) is 0 Å². The molecule has 1 aliphatic carbocycles. The molecule has 1 atom stereocenters. The van der Waals surface area contributed by atoms with E-state index in [1.165, 1.54) is 18.2 Å². The van der Waals surface area contributed by atoms with Crippen molar-refractivity contribution in [3.05, 3.63) is 66.7 Å². The van der Waals surface area contributed by atoms with Crippen molar-refractivity contribution in [1.82, 2.24) is 0 Å². The van der Waals surface area contributed by atoms with Crippen molar-refractivity contribution in [2.24, 2.45) is 5.92 Å². The molecular weight excluding hydrogens is 416 g/mol. The van der Waals surface area contributed by atoms with Gasteiger partial charge in [-0.1, -0.05) is 68.7 Å². The lowest BCUT2D eigenvalue weighted by atomic mass is 9.88. The Morgan fingerprint density at radius 1 is 0.938 bits per heavy atom. The summed E-state index contributed by atoms with van der Waals surface area (Å²) in [6.45, 7) is 2.02. The minimum absolute atomic E-state index is 0.00880. The summed E-state index contributed by atoms with van der Waals surface area (Å²) in [5, 5.41) is 8.11. The maximum absolute atomic E-state index is 13.1. The number of rotatable bonds is 7. The van der Waals surface area contributed by atoms with Crippen LogP contribution in [0.1, 0.15) is 45.4 Å². The monoisotopic (exact) mass is 446 g/mol. The van der Waals surface area contributed by atoms with E-state index in [0.29, 0.717) is 6.42 Å². The molecule has 3 aromatic carbocycles. The lowest BCUT2D eigenvalue weighted by molar-refractivity contribution is -0.120. The van der Waals surface area contributed by atoms with Crippen molar-refractivity contribution in [3.8, 4) is 0 Å². The highest BCUT2D eigenvalue weighted by Crippen LogP contribution is 2.31. The highest BCUT2D eigenvalue weighted by atomic mass is 32.2. The van der Waals surface area contributed by atoms with E-state index in [2.05, 4.69) is 10.6 Å². The van der Waals surface area contributed by atoms with Gasteiger partial charge < -0.3 is 10.6 Å². The number of thioether (sulfide) groups is 1. The quantitative estimate of drug-likeness (QED) is 0.389. The third-order valence-corrected chi connectivity index (χ3v) is 7.42. The molecule has 2 amide bonds. The molecule has 2 N–H and O–H groups in total. The van der Waals surface area contributed by atoms with Gasteiger partial charge in [0.25, 0.3) is 0 Å². The lowest BCUT2D eigenvalue weighted by Crippen LogP contribution is -2.25. The second kappa shape index (κ2) is 10.7. The summed E-state index contributed by atoms with van der Waals surface area (Å²) in [6, 6.07) is 21.8. The topological polar surface area (TPSA) is 58.2 Å². The average molecular weight is 447 g/mol. The van der Waals surface area contributed by atoms with Gasteiger partial charge in [-0.05, 0) is 48.9 Å². The Hall–Kier alpha value is -2.79. The van der Waals surface area contributed by atoms with Gasteiger partial charge in [-0.15, -0.1) is 11.8 Å². The average Bonchev–Trinajstić information content (AvgIpc) is 2.83. The van der Waals surface area contributed by atoms with Crippen molar-refractivity contribution >= 4 is 45.7 Å². The zero-order chi connectivity index (χ0) is 22.3. The van der Waals surface area contributed by atoms with Gasteiger partial charge in [0.05, 0.1) is 5.25 Å². The summed E-state index contributed by atoms with van der Waals surface area (Å²) in [6.07, 6.45) is 6.17. The molecular formula is C27H30N2O2S. The first kappa shape index (κ1) is 22.4. The van der Waals surface area contributed by atoms with E-state index >= 15 is 0 Å². The van der Waals surface area contributed by atoms with Crippen LogP contribution in [-0.2, 0) is 9.59 Å². The van der Waals surface area contributed by atoms with Gasteiger partial charge in [0.1, 0.15) is 0 Å². The summed E-state index contributed by atoms with van der Waals surface area (Å²) in [4.78, 5) is 26.6. The summed E-state index contributed by atoms with van der Waals surface area (Å²) in [5.74, 6) is 0.230. The number of carbonyl (C=O) groups is 2. The second-order valence-electron chi connectivity index (χ2n) is 8.38. The van der Waals surface area contributed by atoms with E-state index < -0.39 is 0 Å². The van der Waals surface area contributed by atoms with Crippen molar-refractivity contribution < 1.29 is 9.59 Å². The van der Waals surface area contributed by atoms with E-state index in [1.807, 2.05) is 73.7 Å². The van der Waals surface area contributed by atoms with Crippen molar-refractivity contribution in [3.63, 3.8) is 0 Å². The molecule has 1 unspecified atom stereocenters. The molecule has 0 aliphatic heterocycles. The lowest BCUT2D eigenvalue weighted by Gasteiger charge is -2.21. The smallest absolute Gasteiger partial charge is 0.237 e. The van der Waals surface area contributed by atoms with Crippen LogP contribution in [0.25, 0.3) is 10.8 Å². The minimum Gasteiger partial charge on any atom is -0.326 e. The summed E-state index contributed by atoms with van der Waals surface area (Å²) in [7, 11) is 0. The maximum Gasteiger partial charge on any atom is 0.237 e. The van der Waals surface area contributed by atoms with Crippen LogP contribution < -0.4 is 10.6 Å². The Balaban J connectivity index is 1.42. The van der Waals surface area contributed by atoms with Gasteiger partial charge in [0, 0.05) is 27.6 Å². The number of hydrogen-bond acceptors (Lipinski definition) is 3. The highest BCUT2D eigenvalue weighted by molar-refractivity contribution is 8.00. The van der Waals surface area contributed by atoms with Crippen LogP contribution in [0.5, 0.6) is 0 Å². The van der Waals surface area contributed by atoms with E-state index in [9.17, 15) is 9.59 Å². The Morgan fingerprint density at radius 3 is 2.50 bits per heavy atom. The molecule has 0 radical (unpaired) electrons. The fourth-order valence-corrected chi connectivity index (χ4v) is 5.30. The first-order chi connectivity index (χ1) is 15.6. The number of anilines is 2. The van der Waals surface area contributed by atoms with Gasteiger partial charge in [-0.25, -0.2) is 0 Å². The van der Waals surface area contributed by atoms with Gasteiger partial charge in [0.2, 0.25) is 11.8 Å². The van der Waals surface area contributed by atoms with Gasteiger partial charge in [-0.2, -0.15) is 0 Å². The number of fused-ring (bicyclic) bond motifs is 1. The Labute approximate surface area is 194 Å².